The van der Waals surface area contributed by atoms with E-state index in [1.165, 1.54) is 11.3 Å². The fourth-order valence-electron chi connectivity index (χ4n) is 1.98. The zero-order chi connectivity index (χ0) is 13.5. The second-order valence-corrected chi connectivity index (χ2v) is 9.67. The summed E-state index contributed by atoms with van der Waals surface area (Å²) in [5.41, 5.74) is 0. The minimum absolute atomic E-state index is 0.218. The highest BCUT2D eigenvalue weighted by Crippen LogP contribution is 2.37. The first kappa shape index (κ1) is 14.5. The number of thiophene rings is 1. The molecule has 0 radical (unpaired) electrons. The van der Waals surface area contributed by atoms with E-state index in [1.807, 2.05) is 6.92 Å². The summed E-state index contributed by atoms with van der Waals surface area (Å²) >= 11 is 4.84. The van der Waals surface area contributed by atoms with Crippen LogP contribution in [0.25, 0.3) is 0 Å². The van der Waals surface area contributed by atoms with E-state index >= 15 is 0 Å². The first-order valence-electron chi connectivity index (χ1n) is 6.10. The summed E-state index contributed by atoms with van der Waals surface area (Å²) in [6, 6.07) is 1.95. The number of halogens is 1. The molecule has 0 spiro atoms. The van der Waals surface area contributed by atoms with Crippen molar-refractivity contribution in [2.24, 2.45) is 5.92 Å². The van der Waals surface area contributed by atoms with E-state index in [-0.39, 0.29) is 6.04 Å². The number of aryl methyl sites for hydroxylation is 1. The Morgan fingerprint density at radius 2 is 2.11 bits per heavy atom. The van der Waals surface area contributed by atoms with E-state index in [0.29, 0.717) is 17.4 Å². The molecule has 0 aliphatic heterocycles. The van der Waals surface area contributed by atoms with Gasteiger partial charge in [-0.1, -0.05) is 13.8 Å². The van der Waals surface area contributed by atoms with Gasteiger partial charge in [0.05, 0.1) is 8.68 Å². The molecule has 0 atom stereocenters. The first-order valence-corrected chi connectivity index (χ1v) is 9.15. The van der Waals surface area contributed by atoms with Gasteiger partial charge in [-0.2, -0.15) is 4.31 Å². The highest BCUT2D eigenvalue weighted by Gasteiger charge is 2.39. The molecule has 1 aliphatic carbocycles. The van der Waals surface area contributed by atoms with Crippen LogP contribution in [-0.4, -0.2) is 25.3 Å². The standard InChI is InChI=1S/C12H18BrNO2S2/c1-8(2)7-14(10-4-5-10)18(15,16)11-6-12(13)17-9(11)3/h6,8,10H,4-5,7H2,1-3H3. The SMILES string of the molecule is Cc1sc(Br)cc1S(=O)(=O)N(CC(C)C)C1CC1. The van der Waals surface area contributed by atoms with Crippen LogP contribution in [-0.2, 0) is 10.0 Å². The second-order valence-electron chi connectivity index (χ2n) is 5.17. The molecule has 0 bridgehead atoms. The lowest BCUT2D eigenvalue weighted by Gasteiger charge is -2.23. The van der Waals surface area contributed by atoms with Crippen LogP contribution in [0.4, 0.5) is 0 Å². The van der Waals surface area contributed by atoms with Gasteiger partial charge < -0.3 is 0 Å². The third-order valence-corrected chi connectivity index (χ3v) is 6.66. The molecule has 1 fully saturated rings. The Kier molecular flexibility index (Phi) is 4.21. The van der Waals surface area contributed by atoms with Gasteiger partial charge in [0.25, 0.3) is 0 Å². The van der Waals surface area contributed by atoms with Gasteiger partial charge in [-0.15, -0.1) is 11.3 Å². The van der Waals surface area contributed by atoms with E-state index in [2.05, 4.69) is 29.8 Å². The summed E-state index contributed by atoms with van der Waals surface area (Å²) in [7, 11) is -3.33. The Balaban J connectivity index is 2.36. The lowest BCUT2D eigenvalue weighted by molar-refractivity contribution is 0.360. The third-order valence-electron chi connectivity index (χ3n) is 2.93. The van der Waals surface area contributed by atoms with Crippen LogP contribution in [0.3, 0.4) is 0 Å². The van der Waals surface area contributed by atoms with Crippen LogP contribution in [0.1, 0.15) is 31.6 Å². The monoisotopic (exact) mass is 351 g/mol. The van der Waals surface area contributed by atoms with Gasteiger partial charge in [0.15, 0.2) is 0 Å². The predicted molar refractivity (Wildman–Crippen MR) is 78.5 cm³/mol. The molecule has 3 nitrogen and oxygen atoms in total. The Hall–Kier alpha value is 0.0900. The molecule has 1 saturated carbocycles. The van der Waals surface area contributed by atoms with Crippen LogP contribution in [0.2, 0.25) is 0 Å². The van der Waals surface area contributed by atoms with E-state index in [4.69, 9.17) is 0 Å². The molecule has 0 aromatic carbocycles. The van der Waals surface area contributed by atoms with Crippen molar-refractivity contribution in [2.45, 2.75) is 44.6 Å². The Morgan fingerprint density at radius 3 is 2.50 bits per heavy atom. The van der Waals surface area contributed by atoms with Gasteiger partial charge >= 0.3 is 0 Å². The van der Waals surface area contributed by atoms with Crippen molar-refractivity contribution in [1.82, 2.24) is 4.31 Å². The molecule has 0 saturated heterocycles. The quantitative estimate of drug-likeness (QED) is 0.812. The molecule has 1 aromatic rings. The van der Waals surface area contributed by atoms with Gasteiger partial charge in [0.2, 0.25) is 10.0 Å². The topological polar surface area (TPSA) is 37.4 Å². The van der Waals surface area contributed by atoms with Crippen molar-refractivity contribution in [3.63, 3.8) is 0 Å². The van der Waals surface area contributed by atoms with Crippen molar-refractivity contribution in [1.29, 1.82) is 0 Å². The molecule has 1 heterocycles. The van der Waals surface area contributed by atoms with Crippen LogP contribution in [0.5, 0.6) is 0 Å². The molecule has 102 valence electrons. The molecule has 2 rings (SSSR count). The Morgan fingerprint density at radius 1 is 1.50 bits per heavy atom. The fourth-order valence-corrected chi connectivity index (χ4v) is 6.21. The van der Waals surface area contributed by atoms with E-state index in [1.54, 1.807) is 10.4 Å². The molecule has 0 unspecified atom stereocenters. The van der Waals surface area contributed by atoms with E-state index in [0.717, 1.165) is 21.5 Å². The highest BCUT2D eigenvalue weighted by atomic mass is 79.9. The van der Waals surface area contributed by atoms with Crippen molar-refractivity contribution < 1.29 is 8.42 Å². The molecule has 0 N–H and O–H groups in total. The molecule has 1 aromatic heterocycles. The van der Waals surface area contributed by atoms with Gasteiger partial charge in [-0.05, 0) is 47.7 Å². The van der Waals surface area contributed by atoms with Crippen molar-refractivity contribution >= 4 is 37.3 Å². The zero-order valence-electron chi connectivity index (χ0n) is 10.8. The number of hydrogen-bond acceptors (Lipinski definition) is 3. The molecule has 0 amide bonds. The molecular weight excluding hydrogens is 334 g/mol. The van der Waals surface area contributed by atoms with Crippen LogP contribution in [0, 0.1) is 12.8 Å². The largest absolute Gasteiger partial charge is 0.244 e. The lowest BCUT2D eigenvalue weighted by atomic mass is 10.2. The number of hydrogen-bond donors (Lipinski definition) is 0. The molecule has 6 heteroatoms. The van der Waals surface area contributed by atoms with Crippen molar-refractivity contribution in [3.05, 3.63) is 14.7 Å². The van der Waals surface area contributed by atoms with Gasteiger partial charge in [0, 0.05) is 17.5 Å². The van der Waals surface area contributed by atoms with Crippen LogP contribution in [0.15, 0.2) is 14.7 Å². The van der Waals surface area contributed by atoms with Gasteiger partial charge in [0.1, 0.15) is 0 Å². The summed E-state index contributed by atoms with van der Waals surface area (Å²) in [6.45, 7) is 6.59. The van der Waals surface area contributed by atoms with E-state index < -0.39 is 10.0 Å². The first-order chi connectivity index (χ1) is 8.32. The summed E-state index contributed by atoms with van der Waals surface area (Å²) in [5, 5.41) is 0. The molecular formula is C12H18BrNO2S2. The predicted octanol–water partition coefficient (Wildman–Crippen LogP) is 3.63. The Bertz CT molecular complexity index is 532. The molecule has 18 heavy (non-hydrogen) atoms. The number of rotatable bonds is 5. The van der Waals surface area contributed by atoms with Gasteiger partial charge in [-0.3, -0.25) is 0 Å². The summed E-state index contributed by atoms with van der Waals surface area (Å²) < 4.78 is 28.0. The zero-order valence-corrected chi connectivity index (χ0v) is 14.0. The third kappa shape index (κ3) is 2.98. The minimum atomic E-state index is -3.33. The maximum atomic E-state index is 12.7. The smallest absolute Gasteiger partial charge is 0.207 e. The summed E-state index contributed by atoms with van der Waals surface area (Å²) in [6.07, 6.45) is 1.99. The summed E-state index contributed by atoms with van der Waals surface area (Å²) in [4.78, 5) is 1.32. The number of sulfonamides is 1. The second kappa shape index (κ2) is 5.23. The van der Waals surface area contributed by atoms with Gasteiger partial charge in [-0.25, -0.2) is 8.42 Å². The Labute approximate surface area is 121 Å². The average Bonchev–Trinajstić information content (AvgIpc) is 3.00. The number of nitrogens with zero attached hydrogens (tertiary/aromatic N) is 1. The fraction of sp³-hybridized carbons (Fsp3) is 0.667. The lowest BCUT2D eigenvalue weighted by Crippen LogP contribution is -2.36. The van der Waals surface area contributed by atoms with Crippen molar-refractivity contribution in [2.75, 3.05) is 6.54 Å². The molecule has 1 aliphatic rings. The van der Waals surface area contributed by atoms with Crippen LogP contribution < -0.4 is 0 Å². The van der Waals surface area contributed by atoms with Crippen molar-refractivity contribution in [3.8, 4) is 0 Å². The van der Waals surface area contributed by atoms with E-state index in [9.17, 15) is 8.42 Å². The summed E-state index contributed by atoms with van der Waals surface area (Å²) in [5.74, 6) is 0.350. The average molecular weight is 352 g/mol. The highest BCUT2D eigenvalue weighted by molar-refractivity contribution is 9.11. The maximum Gasteiger partial charge on any atom is 0.244 e. The minimum Gasteiger partial charge on any atom is -0.207 e. The maximum absolute atomic E-state index is 12.7. The van der Waals surface area contributed by atoms with Crippen LogP contribution >= 0.6 is 27.3 Å². The normalized spacial score (nSPS) is 16.8.